The lowest BCUT2D eigenvalue weighted by molar-refractivity contribution is 0.102. The van der Waals surface area contributed by atoms with Crippen LogP contribution < -0.4 is 5.32 Å². The van der Waals surface area contributed by atoms with E-state index in [9.17, 15) is 4.79 Å². The van der Waals surface area contributed by atoms with Crippen LogP contribution in [0, 0.1) is 0 Å². The second-order valence-corrected chi connectivity index (χ2v) is 5.25. The fourth-order valence-corrected chi connectivity index (χ4v) is 2.63. The molecule has 1 amide bonds. The number of halogens is 2. The van der Waals surface area contributed by atoms with Gasteiger partial charge in [-0.3, -0.25) is 9.78 Å². The zero-order valence-electron chi connectivity index (χ0n) is 10.8. The number of fused-ring (bicyclic) bond motifs is 1. The lowest BCUT2D eigenvalue weighted by Gasteiger charge is -2.11. The molecule has 1 aromatic heterocycles. The van der Waals surface area contributed by atoms with Crippen molar-refractivity contribution in [2.45, 2.75) is 0 Å². The second-order valence-electron chi connectivity index (χ2n) is 4.43. The molecule has 5 heteroatoms. The molecule has 104 valence electrons. The van der Waals surface area contributed by atoms with Crippen molar-refractivity contribution >= 4 is 45.7 Å². The first-order valence-electron chi connectivity index (χ1n) is 6.26. The molecular weight excluding hydrogens is 307 g/mol. The van der Waals surface area contributed by atoms with E-state index in [2.05, 4.69) is 10.3 Å². The summed E-state index contributed by atoms with van der Waals surface area (Å²) >= 11 is 12.4. The Balaban J connectivity index is 2.07. The van der Waals surface area contributed by atoms with E-state index in [0.717, 1.165) is 5.39 Å². The maximum absolute atomic E-state index is 12.3. The monoisotopic (exact) mass is 316 g/mol. The quantitative estimate of drug-likeness (QED) is 0.738. The van der Waals surface area contributed by atoms with Crippen LogP contribution in [0.25, 0.3) is 10.9 Å². The molecule has 0 saturated heterocycles. The fourth-order valence-electron chi connectivity index (χ4n) is 2.07. The van der Waals surface area contributed by atoms with E-state index in [1.165, 1.54) is 0 Å². The summed E-state index contributed by atoms with van der Waals surface area (Å²) in [6.45, 7) is 0. The van der Waals surface area contributed by atoms with Crippen LogP contribution in [0.3, 0.4) is 0 Å². The highest BCUT2D eigenvalue weighted by Crippen LogP contribution is 2.35. The number of rotatable bonds is 2. The molecule has 3 aromatic rings. The van der Waals surface area contributed by atoms with Gasteiger partial charge in [-0.1, -0.05) is 41.4 Å². The normalized spacial score (nSPS) is 10.6. The average molecular weight is 317 g/mol. The van der Waals surface area contributed by atoms with E-state index < -0.39 is 0 Å². The standard InChI is InChI=1S/C16H10Cl2N2O/c17-12-9-13(18)15(14-11(12)7-4-8-19-14)20-16(21)10-5-2-1-3-6-10/h1-9H,(H,20,21). The third-order valence-corrected chi connectivity index (χ3v) is 3.68. The van der Waals surface area contributed by atoms with Gasteiger partial charge in [0.05, 0.1) is 21.2 Å². The molecule has 0 spiro atoms. The minimum Gasteiger partial charge on any atom is -0.319 e. The Morgan fingerprint density at radius 1 is 1.00 bits per heavy atom. The predicted molar refractivity (Wildman–Crippen MR) is 86.2 cm³/mol. The highest BCUT2D eigenvalue weighted by Gasteiger charge is 2.14. The lowest BCUT2D eigenvalue weighted by atomic mass is 10.1. The summed E-state index contributed by atoms with van der Waals surface area (Å²) in [6.07, 6.45) is 1.63. The molecule has 0 aliphatic rings. The van der Waals surface area contributed by atoms with Crippen LogP contribution in [0.5, 0.6) is 0 Å². The van der Waals surface area contributed by atoms with Gasteiger partial charge in [0.2, 0.25) is 0 Å². The molecule has 3 nitrogen and oxygen atoms in total. The van der Waals surface area contributed by atoms with E-state index in [0.29, 0.717) is 26.8 Å². The number of nitrogens with zero attached hydrogens (tertiary/aromatic N) is 1. The molecule has 1 heterocycles. The Kier molecular flexibility index (Phi) is 3.78. The average Bonchev–Trinajstić information content (AvgIpc) is 2.52. The van der Waals surface area contributed by atoms with Crippen molar-refractivity contribution in [2.75, 3.05) is 5.32 Å². The topological polar surface area (TPSA) is 42.0 Å². The first kappa shape index (κ1) is 13.9. The van der Waals surface area contributed by atoms with Crippen LogP contribution in [0.15, 0.2) is 54.7 Å². The highest BCUT2D eigenvalue weighted by molar-refractivity contribution is 6.41. The van der Waals surface area contributed by atoms with Gasteiger partial charge in [-0.25, -0.2) is 0 Å². The number of amides is 1. The van der Waals surface area contributed by atoms with E-state index in [1.807, 2.05) is 12.1 Å². The third kappa shape index (κ3) is 2.71. The molecule has 0 saturated carbocycles. The maximum atomic E-state index is 12.3. The van der Waals surface area contributed by atoms with Crippen LogP contribution in [0.2, 0.25) is 10.0 Å². The number of hydrogen-bond acceptors (Lipinski definition) is 2. The molecule has 0 atom stereocenters. The Hall–Kier alpha value is -2.10. The Morgan fingerprint density at radius 2 is 1.76 bits per heavy atom. The smallest absolute Gasteiger partial charge is 0.255 e. The van der Waals surface area contributed by atoms with Gasteiger partial charge in [0.1, 0.15) is 0 Å². The SMILES string of the molecule is O=C(Nc1c(Cl)cc(Cl)c2cccnc12)c1ccccc1. The molecule has 2 aromatic carbocycles. The number of carbonyl (C=O) groups is 1. The zero-order chi connectivity index (χ0) is 14.8. The van der Waals surface area contributed by atoms with E-state index >= 15 is 0 Å². The predicted octanol–water partition coefficient (Wildman–Crippen LogP) is 4.79. The number of carbonyl (C=O) groups excluding carboxylic acids is 1. The molecule has 1 N–H and O–H groups in total. The fraction of sp³-hybridized carbons (Fsp3) is 0. The Labute approximate surface area is 131 Å². The van der Waals surface area contributed by atoms with Crippen LogP contribution in [-0.2, 0) is 0 Å². The summed E-state index contributed by atoms with van der Waals surface area (Å²) in [4.78, 5) is 16.5. The molecule has 0 aliphatic carbocycles. The number of hydrogen-bond donors (Lipinski definition) is 1. The van der Waals surface area contributed by atoms with Gasteiger partial charge in [0.25, 0.3) is 5.91 Å². The van der Waals surface area contributed by atoms with E-state index in [4.69, 9.17) is 23.2 Å². The zero-order valence-corrected chi connectivity index (χ0v) is 12.3. The Bertz CT molecular complexity index is 819. The summed E-state index contributed by atoms with van der Waals surface area (Å²) in [7, 11) is 0. The molecule has 0 radical (unpaired) electrons. The minimum atomic E-state index is -0.244. The van der Waals surface area contributed by atoms with E-state index in [-0.39, 0.29) is 5.91 Å². The maximum Gasteiger partial charge on any atom is 0.255 e. The molecule has 0 unspecified atom stereocenters. The summed E-state index contributed by atoms with van der Waals surface area (Å²) in [6, 6.07) is 14.1. The van der Waals surface area contributed by atoms with Crippen molar-refractivity contribution in [2.24, 2.45) is 0 Å². The molecule has 0 fully saturated rings. The van der Waals surface area contributed by atoms with Crippen LogP contribution in [0.1, 0.15) is 10.4 Å². The number of benzene rings is 2. The van der Waals surface area contributed by atoms with Gasteiger partial charge < -0.3 is 5.32 Å². The first-order chi connectivity index (χ1) is 10.2. The number of aromatic nitrogens is 1. The van der Waals surface area contributed by atoms with E-state index in [1.54, 1.807) is 42.6 Å². The summed E-state index contributed by atoms with van der Waals surface area (Å²) in [5, 5.41) is 4.40. The van der Waals surface area contributed by atoms with Gasteiger partial charge in [-0.2, -0.15) is 0 Å². The van der Waals surface area contributed by atoms with Crippen molar-refractivity contribution in [1.82, 2.24) is 4.98 Å². The molecule has 21 heavy (non-hydrogen) atoms. The first-order valence-corrected chi connectivity index (χ1v) is 7.01. The molecular formula is C16H10Cl2N2O. The van der Waals surface area contributed by atoms with Crippen LogP contribution >= 0.6 is 23.2 Å². The van der Waals surface area contributed by atoms with Gasteiger partial charge in [0, 0.05) is 17.1 Å². The molecule has 3 rings (SSSR count). The van der Waals surface area contributed by atoms with Gasteiger partial charge in [-0.05, 0) is 30.3 Å². The largest absolute Gasteiger partial charge is 0.319 e. The lowest BCUT2D eigenvalue weighted by Crippen LogP contribution is -2.12. The molecule has 0 aliphatic heterocycles. The Morgan fingerprint density at radius 3 is 2.52 bits per heavy atom. The highest BCUT2D eigenvalue weighted by atomic mass is 35.5. The summed E-state index contributed by atoms with van der Waals surface area (Å²) in [5.74, 6) is -0.244. The number of anilines is 1. The van der Waals surface area contributed by atoms with Crippen molar-refractivity contribution in [3.05, 3.63) is 70.3 Å². The van der Waals surface area contributed by atoms with Crippen molar-refractivity contribution < 1.29 is 4.79 Å². The second kappa shape index (κ2) is 5.72. The van der Waals surface area contributed by atoms with Gasteiger partial charge in [-0.15, -0.1) is 0 Å². The third-order valence-electron chi connectivity index (χ3n) is 3.07. The van der Waals surface area contributed by atoms with Crippen LogP contribution in [-0.4, -0.2) is 10.9 Å². The van der Waals surface area contributed by atoms with Crippen molar-refractivity contribution in [3.8, 4) is 0 Å². The van der Waals surface area contributed by atoms with Crippen molar-refractivity contribution in [1.29, 1.82) is 0 Å². The summed E-state index contributed by atoms with van der Waals surface area (Å²) in [5.41, 5.74) is 1.58. The van der Waals surface area contributed by atoms with Gasteiger partial charge in [0.15, 0.2) is 0 Å². The van der Waals surface area contributed by atoms with Crippen molar-refractivity contribution in [3.63, 3.8) is 0 Å². The summed E-state index contributed by atoms with van der Waals surface area (Å²) < 4.78 is 0. The molecule has 0 bridgehead atoms. The van der Waals surface area contributed by atoms with Gasteiger partial charge >= 0.3 is 0 Å². The number of pyridine rings is 1. The van der Waals surface area contributed by atoms with Crippen LogP contribution in [0.4, 0.5) is 5.69 Å². The number of nitrogens with one attached hydrogen (secondary N) is 1. The minimum absolute atomic E-state index is 0.244.